The molecule has 4 rings (SSSR count). The van der Waals surface area contributed by atoms with Gasteiger partial charge in [-0.05, 0) is 42.3 Å². The summed E-state index contributed by atoms with van der Waals surface area (Å²) in [6, 6.07) is 9.94. The molecule has 1 aliphatic heterocycles. The molecule has 0 aliphatic carbocycles. The highest BCUT2D eigenvalue weighted by Crippen LogP contribution is 2.36. The highest BCUT2D eigenvalue weighted by molar-refractivity contribution is 7.22. The molecule has 0 bridgehead atoms. The number of fused-ring (bicyclic) bond motifs is 1. The molecule has 0 radical (unpaired) electrons. The van der Waals surface area contributed by atoms with Crippen molar-refractivity contribution in [2.24, 2.45) is 0 Å². The van der Waals surface area contributed by atoms with Crippen LogP contribution in [0, 0.1) is 17.0 Å². The van der Waals surface area contributed by atoms with E-state index in [9.17, 15) is 14.9 Å². The molecule has 0 N–H and O–H groups in total. The van der Waals surface area contributed by atoms with E-state index in [0.29, 0.717) is 42.7 Å². The van der Waals surface area contributed by atoms with Crippen LogP contribution in [0.15, 0.2) is 42.5 Å². The lowest BCUT2D eigenvalue weighted by atomic mass is 10.2. The molecule has 2 heterocycles. The Morgan fingerprint density at radius 1 is 1.26 bits per heavy atom. The number of hydrogen-bond donors (Lipinski definition) is 0. The Labute approximate surface area is 201 Å². The van der Waals surface area contributed by atoms with Gasteiger partial charge in [0, 0.05) is 44.4 Å². The summed E-state index contributed by atoms with van der Waals surface area (Å²) in [5, 5.41) is 11.5. The van der Waals surface area contributed by atoms with Crippen molar-refractivity contribution in [3.63, 3.8) is 0 Å². The van der Waals surface area contributed by atoms with Crippen LogP contribution in [-0.4, -0.2) is 67.2 Å². The first-order chi connectivity index (χ1) is 16.5. The number of methoxy groups -OCH3 is 1. The second kappa shape index (κ2) is 10.7. The number of carbonyl (C=O) groups excluding carboxylic acids is 1. The van der Waals surface area contributed by atoms with E-state index in [1.807, 2.05) is 19.1 Å². The fourth-order valence-corrected chi connectivity index (χ4v) is 4.79. The fraction of sp³-hybridized carbons (Fsp3) is 0.333. The Bertz CT molecular complexity index is 1200. The third-order valence-electron chi connectivity index (χ3n) is 5.67. The summed E-state index contributed by atoms with van der Waals surface area (Å²) in [5.74, 6) is 0.465. The van der Waals surface area contributed by atoms with E-state index in [0.717, 1.165) is 28.9 Å². The van der Waals surface area contributed by atoms with Crippen molar-refractivity contribution in [2.75, 3.05) is 51.4 Å². The molecule has 0 saturated carbocycles. The van der Waals surface area contributed by atoms with Crippen LogP contribution >= 0.6 is 11.3 Å². The van der Waals surface area contributed by atoms with Crippen LogP contribution < -0.4 is 9.64 Å². The quantitative estimate of drug-likeness (QED) is 0.273. The Morgan fingerprint density at radius 3 is 2.68 bits per heavy atom. The Kier molecular flexibility index (Phi) is 7.51. The lowest BCUT2D eigenvalue weighted by Crippen LogP contribution is -2.42. The van der Waals surface area contributed by atoms with Gasteiger partial charge in [-0.15, -0.1) is 0 Å². The topological polar surface area (TPSA) is 98.0 Å². The monoisotopic (exact) mass is 482 g/mol. The maximum Gasteiger partial charge on any atom is 0.269 e. The minimum atomic E-state index is -0.449. The number of carbonyl (C=O) groups is 1. The van der Waals surface area contributed by atoms with Gasteiger partial charge < -0.3 is 9.47 Å². The van der Waals surface area contributed by atoms with Gasteiger partial charge in [0.2, 0.25) is 0 Å². The smallest absolute Gasteiger partial charge is 0.269 e. The molecule has 3 aromatic rings. The number of anilines is 1. The normalized spacial score (nSPS) is 14.5. The van der Waals surface area contributed by atoms with Gasteiger partial charge in [0.05, 0.1) is 29.9 Å². The van der Waals surface area contributed by atoms with Crippen LogP contribution in [0.1, 0.15) is 11.1 Å². The summed E-state index contributed by atoms with van der Waals surface area (Å²) >= 11 is 1.47. The van der Waals surface area contributed by atoms with Gasteiger partial charge in [-0.25, -0.2) is 4.98 Å². The van der Waals surface area contributed by atoms with Gasteiger partial charge in [0.15, 0.2) is 5.13 Å². The molecule has 178 valence electrons. The number of nitrogens with zero attached hydrogens (tertiary/aromatic N) is 4. The SMILES string of the molecule is COc1ccc(C)c2sc(N(CCN3CCOCC3)C(=O)/C=C/c3ccc([N+](=O)[O-])cc3)nc12. The summed E-state index contributed by atoms with van der Waals surface area (Å²) in [6.45, 7) is 6.22. The van der Waals surface area contributed by atoms with Crippen molar-refractivity contribution in [1.29, 1.82) is 0 Å². The number of aryl methyl sites for hydroxylation is 1. The first-order valence-electron chi connectivity index (χ1n) is 10.9. The predicted octanol–water partition coefficient (Wildman–Crippen LogP) is 3.90. The van der Waals surface area contributed by atoms with Gasteiger partial charge in [0.1, 0.15) is 11.3 Å². The van der Waals surface area contributed by atoms with E-state index in [4.69, 9.17) is 14.5 Å². The van der Waals surface area contributed by atoms with E-state index in [2.05, 4.69) is 4.90 Å². The van der Waals surface area contributed by atoms with E-state index >= 15 is 0 Å². The van der Waals surface area contributed by atoms with Gasteiger partial charge in [-0.2, -0.15) is 0 Å². The fourth-order valence-electron chi connectivity index (χ4n) is 3.71. The summed E-state index contributed by atoms with van der Waals surface area (Å²) in [4.78, 5) is 32.4. The van der Waals surface area contributed by atoms with Gasteiger partial charge >= 0.3 is 0 Å². The number of rotatable bonds is 8. The number of nitro groups is 1. The molecule has 10 heteroatoms. The van der Waals surface area contributed by atoms with E-state index in [1.165, 1.54) is 29.5 Å². The van der Waals surface area contributed by atoms with Crippen LogP contribution in [-0.2, 0) is 9.53 Å². The number of aromatic nitrogens is 1. The zero-order valence-electron chi connectivity index (χ0n) is 19.1. The molecule has 0 unspecified atom stereocenters. The van der Waals surface area contributed by atoms with Crippen LogP contribution in [0.3, 0.4) is 0 Å². The zero-order valence-corrected chi connectivity index (χ0v) is 19.9. The molecule has 9 nitrogen and oxygen atoms in total. The minimum Gasteiger partial charge on any atom is -0.494 e. The average molecular weight is 483 g/mol. The second-order valence-electron chi connectivity index (χ2n) is 7.88. The molecule has 1 aromatic heterocycles. The third kappa shape index (κ3) is 5.41. The molecule has 1 aliphatic rings. The number of amides is 1. The molecule has 1 amide bonds. The van der Waals surface area contributed by atoms with Crippen molar-refractivity contribution < 1.29 is 19.2 Å². The molecular formula is C24H26N4O5S. The minimum absolute atomic E-state index is 0.00871. The molecule has 0 atom stereocenters. The zero-order chi connectivity index (χ0) is 24.1. The van der Waals surface area contributed by atoms with Crippen LogP contribution in [0.5, 0.6) is 5.75 Å². The first-order valence-corrected chi connectivity index (χ1v) is 11.8. The highest BCUT2D eigenvalue weighted by atomic mass is 32.1. The summed E-state index contributed by atoms with van der Waals surface area (Å²) < 4.78 is 11.9. The Balaban J connectivity index is 1.60. The molecule has 2 aromatic carbocycles. The van der Waals surface area contributed by atoms with E-state index < -0.39 is 4.92 Å². The van der Waals surface area contributed by atoms with Crippen molar-refractivity contribution in [3.8, 4) is 5.75 Å². The number of thiazole rings is 1. The number of nitro benzene ring substituents is 1. The molecular weight excluding hydrogens is 456 g/mol. The molecule has 1 saturated heterocycles. The highest BCUT2D eigenvalue weighted by Gasteiger charge is 2.22. The Morgan fingerprint density at radius 2 is 2.00 bits per heavy atom. The van der Waals surface area contributed by atoms with Crippen LogP contribution in [0.4, 0.5) is 10.8 Å². The number of morpholine rings is 1. The van der Waals surface area contributed by atoms with Crippen molar-refractivity contribution in [1.82, 2.24) is 9.88 Å². The van der Waals surface area contributed by atoms with Crippen LogP contribution in [0.25, 0.3) is 16.3 Å². The second-order valence-corrected chi connectivity index (χ2v) is 8.86. The van der Waals surface area contributed by atoms with Crippen molar-refractivity contribution in [2.45, 2.75) is 6.92 Å². The lowest BCUT2D eigenvalue weighted by Gasteiger charge is -2.28. The average Bonchev–Trinajstić information content (AvgIpc) is 3.30. The summed E-state index contributed by atoms with van der Waals surface area (Å²) in [7, 11) is 1.61. The van der Waals surface area contributed by atoms with Crippen LogP contribution in [0.2, 0.25) is 0 Å². The largest absolute Gasteiger partial charge is 0.494 e. The summed E-state index contributed by atoms with van der Waals surface area (Å²) in [6.07, 6.45) is 3.14. The Hall–Kier alpha value is -3.34. The molecule has 1 fully saturated rings. The summed E-state index contributed by atoms with van der Waals surface area (Å²) in [5.41, 5.74) is 2.52. The maximum atomic E-state index is 13.3. The molecule has 34 heavy (non-hydrogen) atoms. The van der Waals surface area contributed by atoms with Gasteiger partial charge in [-0.3, -0.25) is 24.7 Å². The lowest BCUT2D eigenvalue weighted by molar-refractivity contribution is -0.384. The maximum absolute atomic E-state index is 13.3. The van der Waals surface area contributed by atoms with Gasteiger partial charge in [-0.1, -0.05) is 17.4 Å². The van der Waals surface area contributed by atoms with Crippen molar-refractivity contribution >= 4 is 44.4 Å². The third-order valence-corrected chi connectivity index (χ3v) is 6.89. The number of hydrogen-bond acceptors (Lipinski definition) is 8. The van der Waals surface area contributed by atoms with E-state index in [1.54, 1.807) is 30.2 Å². The number of ether oxygens (including phenoxy) is 2. The van der Waals surface area contributed by atoms with Crippen molar-refractivity contribution in [3.05, 3.63) is 63.7 Å². The first kappa shape index (κ1) is 23.8. The predicted molar refractivity (Wildman–Crippen MR) is 133 cm³/mol. The number of benzene rings is 2. The van der Waals surface area contributed by atoms with Gasteiger partial charge in [0.25, 0.3) is 11.6 Å². The van der Waals surface area contributed by atoms with E-state index in [-0.39, 0.29) is 11.6 Å². The number of non-ortho nitro benzene ring substituents is 1. The molecule has 0 spiro atoms. The standard InChI is InChI=1S/C24H26N4O5S/c1-17-3-9-20(32-2)22-23(17)34-24(25-22)27(12-11-26-13-15-33-16-14-26)21(29)10-6-18-4-7-19(8-5-18)28(30)31/h3-10H,11-16H2,1-2H3/b10-6+.